The quantitative estimate of drug-likeness (QED) is 0.506. The third kappa shape index (κ3) is 7.25. The number of amides is 2. The van der Waals surface area contributed by atoms with Crippen LogP contribution in [0.2, 0.25) is 10.0 Å². The molecule has 34 heavy (non-hydrogen) atoms. The molecular formula is C23H29Cl2N3O5S. The zero-order chi connectivity index (χ0) is 25.6. The van der Waals surface area contributed by atoms with Crippen molar-refractivity contribution >= 4 is 50.7 Å². The summed E-state index contributed by atoms with van der Waals surface area (Å²) in [6.07, 6.45) is 1.00. The lowest BCUT2D eigenvalue weighted by atomic mass is 10.1. The standard InChI is InChI=1S/C23H29Cl2N3O5S/c1-15(2)26-23(30)16(3)27(13-19-20(24)10-7-11-21(19)25)22(29)14-28(34(5,31)32)17-8-6-9-18(12-17)33-4/h6-12,15-16H,13-14H2,1-5H3,(H,26,30)/t16-/m0/s1. The predicted molar refractivity (Wildman–Crippen MR) is 135 cm³/mol. The molecule has 0 saturated heterocycles. The Balaban J connectivity index is 2.46. The monoisotopic (exact) mass is 529 g/mol. The second-order valence-corrected chi connectivity index (χ2v) is 10.8. The Bertz CT molecular complexity index is 1120. The molecule has 0 aliphatic rings. The van der Waals surface area contributed by atoms with E-state index in [0.717, 1.165) is 10.6 Å². The average Bonchev–Trinajstić information content (AvgIpc) is 2.75. The third-order valence-electron chi connectivity index (χ3n) is 5.01. The molecule has 11 heteroatoms. The van der Waals surface area contributed by atoms with Crippen LogP contribution in [0.4, 0.5) is 5.69 Å². The third-order valence-corrected chi connectivity index (χ3v) is 6.86. The van der Waals surface area contributed by atoms with Gasteiger partial charge in [-0.05, 0) is 45.0 Å². The molecule has 0 spiro atoms. The molecular weight excluding hydrogens is 501 g/mol. The Morgan fingerprint density at radius 3 is 2.18 bits per heavy atom. The van der Waals surface area contributed by atoms with Gasteiger partial charge in [0.25, 0.3) is 0 Å². The maximum absolute atomic E-state index is 13.5. The van der Waals surface area contributed by atoms with Gasteiger partial charge in [0.1, 0.15) is 18.3 Å². The van der Waals surface area contributed by atoms with E-state index in [1.807, 2.05) is 0 Å². The minimum Gasteiger partial charge on any atom is -0.497 e. The first-order valence-electron chi connectivity index (χ1n) is 10.5. The number of hydrogen-bond acceptors (Lipinski definition) is 5. The van der Waals surface area contributed by atoms with E-state index in [1.165, 1.54) is 18.1 Å². The van der Waals surface area contributed by atoms with E-state index < -0.39 is 28.5 Å². The molecule has 0 aromatic heterocycles. The predicted octanol–water partition coefficient (Wildman–Crippen LogP) is 3.71. The molecule has 2 amide bonds. The lowest BCUT2D eigenvalue weighted by molar-refractivity contribution is -0.139. The number of rotatable bonds is 10. The van der Waals surface area contributed by atoms with Gasteiger partial charge in [0.15, 0.2) is 0 Å². The van der Waals surface area contributed by atoms with Gasteiger partial charge in [0, 0.05) is 34.3 Å². The minimum absolute atomic E-state index is 0.0836. The average molecular weight is 530 g/mol. The van der Waals surface area contributed by atoms with Crippen LogP contribution in [0.15, 0.2) is 42.5 Å². The Hall–Kier alpha value is -2.49. The first kappa shape index (κ1) is 27.8. The van der Waals surface area contributed by atoms with E-state index in [-0.39, 0.29) is 24.2 Å². The maximum atomic E-state index is 13.5. The Kier molecular flexibility index (Phi) is 9.61. The number of benzene rings is 2. The Labute approximate surface area is 210 Å². The van der Waals surface area contributed by atoms with Crippen molar-refractivity contribution in [2.24, 2.45) is 0 Å². The van der Waals surface area contributed by atoms with Crippen LogP contribution in [0.1, 0.15) is 26.3 Å². The van der Waals surface area contributed by atoms with Crippen LogP contribution in [-0.2, 0) is 26.2 Å². The summed E-state index contributed by atoms with van der Waals surface area (Å²) in [6, 6.07) is 10.2. The van der Waals surface area contributed by atoms with E-state index in [9.17, 15) is 18.0 Å². The van der Waals surface area contributed by atoms with Crippen molar-refractivity contribution in [1.29, 1.82) is 0 Å². The summed E-state index contributed by atoms with van der Waals surface area (Å²) in [5, 5.41) is 3.43. The molecule has 0 saturated carbocycles. The van der Waals surface area contributed by atoms with Crippen molar-refractivity contribution in [3.63, 3.8) is 0 Å². The summed E-state index contributed by atoms with van der Waals surface area (Å²) in [5.74, 6) is -0.558. The number of nitrogens with zero attached hydrogens (tertiary/aromatic N) is 2. The number of halogens is 2. The maximum Gasteiger partial charge on any atom is 0.244 e. The first-order valence-corrected chi connectivity index (χ1v) is 13.1. The van der Waals surface area contributed by atoms with Crippen molar-refractivity contribution in [1.82, 2.24) is 10.2 Å². The van der Waals surface area contributed by atoms with Crippen molar-refractivity contribution in [3.8, 4) is 5.75 Å². The second kappa shape index (κ2) is 11.8. The zero-order valence-corrected chi connectivity index (χ0v) is 22.0. The molecule has 0 fully saturated rings. The molecule has 0 radical (unpaired) electrons. The normalized spacial score (nSPS) is 12.2. The molecule has 186 valence electrons. The van der Waals surface area contributed by atoms with Crippen molar-refractivity contribution in [2.45, 2.75) is 39.4 Å². The highest BCUT2D eigenvalue weighted by molar-refractivity contribution is 7.92. The topological polar surface area (TPSA) is 96.0 Å². The first-order chi connectivity index (χ1) is 15.8. The fraction of sp³-hybridized carbons (Fsp3) is 0.391. The fourth-order valence-electron chi connectivity index (χ4n) is 3.22. The summed E-state index contributed by atoms with van der Waals surface area (Å²) in [5.41, 5.74) is 0.709. The van der Waals surface area contributed by atoms with E-state index in [4.69, 9.17) is 27.9 Å². The number of sulfonamides is 1. The number of carbonyl (C=O) groups is 2. The number of methoxy groups -OCH3 is 1. The van der Waals surface area contributed by atoms with Crippen LogP contribution in [0.25, 0.3) is 0 Å². The zero-order valence-electron chi connectivity index (χ0n) is 19.7. The summed E-state index contributed by atoms with van der Waals surface area (Å²) >= 11 is 12.6. The second-order valence-electron chi connectivity index (χ2n) is 8.03. The lowest BCUT2D eigenvalue weighted by Crippen LogP contribution is -2.52. The summed E-state index contributed by atoms with van der Waals surface area (Å²) < 4.78 is 31.3. The van der Waals surface area contributed by atoms with Crippen LogP contribution in [-0.4, -0.2) is 57.1 Å². The summed E-state index contributed by atoms with van der Waals surface area (Å²) in [7, 11) is -2.39. The molecule has 0 heterocycles. The highest BCUT2D eigenvalue weighted by atomic mass is 35.5. The minimum atomic E-state index is -3.85. The lowest BCUT2D eigenvalue weighted by Gasteiger charge is -2.32. The molecule has 0 unspecified atom stereocenters. The molecule has 1 N–H and O–H groups in total. The van der Waals surface area contributed by atoms with Gasteiger partial charge >= 0.3 is 0 Å². The number of hydrogen-bond donors (Lipinski definition) is 1. The van der Waals surface area contributed by atoms with Crippen molar-refractivity contribution in [3.05, 3.63) is 58.1 Å². The SMILES string of the molecule is COc1cccc(N(CC(=O)N(Cc2c(Cl)cccc2Cl)[C@@H](C)C(=O)NC(C)C)S(C)(=O)=O)c1. The van der Waals surface area contributed by atoms with Crippen LogP contribution in [0, 0.1) is 0 Å². The molecule has 1 atom stereocenters. The molecule has 2 aromatic rings. The highest BCUT2D eigenvalue weighted by Crippen LogP contribution is 2.28. The van der Waals surface area contributed by atoms with Crippen LogP contribution < -0.4 is 14.4 Å². The van der Waals surface area contributed by atoms with Crippen molar-refractivity contribution < 1.29 is 22.7 Å². The molecule has 0 bridgehead atoms. The number of ether oxygens (including phenoxy) is 1. The van der Waals surface area contributed by atoms with Gasteiger partial charge < -0.3 is 15.0 Å². The summed E-state index contributed by atoms with van der Waals surface area (Å²) in [4.78, 5) is 27.6. The molecule has 2 rings (SSSR count). The van der Waals surface area contributed by atoms with E-state index in [1.54, 1.807) is 57.2 Å². The highest BCUT2D eigenvalue weighted by Gasteiger charge is 2.31. The van der Waals surface area contributed by atoms with E-state index in [2.05, 4.69) is 5.32 Å². The van der Waals surface area contributed by atoms with Gasteiger partial charge in [-0.2, -0.15) is 0 Å². The number of carbonyl (C=O) groups excluding carboxylic acids is 2. The summed E-state index contributed by atoms with van der Waals surface area (Å²) in [6.45, 7) is 4.55. The molecule has 0 aliphatic carbocycles. The van der Waals surface area contributed by atoms with Crippen LogP contribution in [0.3, 0.4) is 0 Å². The molecule has 8 nitrogen and oxygen atoms in total. The van der Waals surface area contributed by atoms with Gasteiger partial charge in [-0.25, -0.2) is 8.42 Å². The Morgan fingerprint density at radius 2 is 1.65 bits per heavy atom. The van der Waals surface area contributed by atoms with Gasteiger partial charge in [-0.15, -0.1) is 0 Å². The van der Waals surface area contributed by atoms with Gasteiger partial charge in [0.2, 0.25) is 21.8 Å². The Morgan fingerprint density at radius 1 is 1.06 bits per heavy atom. The van der Waals surface area contributed by atoms with E-state index >= 15 is 0 Å². The molecule has 2 aromatic carbocycles. The smallest absolute Gasteiger partial charge is 0.244 e. The largest absolute Gasteiger partial charge is 0.497 e. The molecule has 0 aliphatic heterocycles. The van der Waals surface area contributed by atoms with Gasteiger partial charge in [0.05, 0.1) is 19.1 Å². The fourth-order valence-corrected chi connectivity index (χ4v) is 4.58. The van der Waals surface area contributed by atoms with Crippen LogP contribution >= 0.6 is 23.2 Å². The van der Waals surface area contributed by atoms with Crippen molar-refractivity contribution in [2.75, 3.05) is 24.2 Å². The number of nitrogens with one attached hydrogen (secondary N) is 1. The van der Waals surface area contributed by atoms with Gasteiger partial charge in [-0.3, -0.25) is 13.9 Å². The van der Waals surface area contributed by atoms with Gasteiger partial charge in [-0.1, -0.05) is 35.3 Å². The van der Waals surface area contributed by atoms with Crippen LogP contribution in [0.5, 0.6) is 5.75 Å². The van der Waals surface area contributed by atoms with E-state index in [0.29, 0.717) is 21.4 Å². The number of anilines is 1.